The van der Waals surface area contributed by atoms with Crippen LogP contribution in [-0.4, -0.2) is 27.6 Å². The topological polar surface area (TPSA) is 69.0 Å². The normalized spacial score (nSPS) is 12.3. The molecule has 0 spiro atoms. The van der Waals surface area contributed by atoms with Crippen molar-refractivity contribution in [3.63, 3.8) is 0 Å². The quantitative estimate of drug-likeness (QED) is 0.679. The Hall–Kier alpha value is -2.93. The maximum absolute atomic E-state index is 12.5. The van der Waals surface area contributed by atoms with Gasteiger partial charge in [-0.3, -0.25) is 4.79 Å². The van der Waals surface area contributed by atoms with Crippen molar-refractivity contribution >= 4 is 23.3 Å². The molecule has 0 saturated heterocycles. The average molecular weight is 368 g/mol. The molecule has 1 aromatic carbocycles. The Balaban J connectivity index is 1.82. The Kier molecular flexibility index (Phi) is 5.48. The lowest BCUT2D eigenvalue weighted by molar-refractivity contribution is -0.117. The Morgan fingerprint density at radius 3 is 2.69 bits per heavy atom. The standard InChI is InChI=1S/C19H20N4O2S/c1-13-21-15(12-26-13)6-9-17(24)22-18(19-20-10-11-23(19)2)14-4-7-16(25-3)8-5-14/h4-12,18H,1-3H3,(H,22,24)/b9-6+. The Morgan fingerprint density at radius 1 is 1.35 bits per heavy atom. The number of thiazole rings is 1. The molecule has 3 aromatic rings. The van der Waals surface area contributed by atoms with Crippen LogP contribution in [0.1, 0.15) is 28.1 Å². The lowest BCUT2D eigenvalue weighted by Crippen LogP contribution is -2.29. The molecular formula is C19H20N4O2S. The van der Waals surface area contributed by atoms with Crippen molar-refractivity contribution in [1.82, 2.24) is 19.9 Å². The molecule has 2 aromatic heterocycles. The molecule has 0 bridgehead atoms. The van der Waals surface area contributed by atoms with Crippen LogP contribution < -0.4 is 10.1 Å². The first-order chi connectivity index (χ1) is 12.6. The molecule has 0 radical (unpaired) electrons. The predicted molar refractivity (Wildman–Crippen MR) is 102 cm³/mol. The predicted octanol–water partition coefficient (Wildman–Crippen LogP) is 3.11. The second-order valence-corrected chi connectivity index (χ2v) is 6.80. The number of ether oxygens (including phenoxy) is 1. The zero-order valence-electron chi connectivity index (χ0n) is 14.8. The number of hydrogen-bond donors (Lipinski definition) is 1. The minimum atomic E-state index is -0.366. The number of amides is 1. The first-order valence-electron chi connectivity index (χ1n) is 8.08. The van der Waals surface area contributed by atoms with E-state index in [0.29, 0.717) is 0 Å². The number of nitrogens with zero attached hydrogens (tertiary/aromatic N) is 3. The fourth-order valence-electron chi connectivity index (χ4n) is 2.56. The van der Waals surface area contributed by atoms with Gasteiger partial charge in [-0.15, -0.1) is 11.3 Å². The van der Waals surface area contributed by atoms with Crippen LogP contribution in [0.5, 0.6) is 5.75 Å². The van der Waals surface area contributed by atoms with E-state index in [0.717, 1.165) is 27.8 Å². The minimum absolute atomic E-state index is 0.209. The lowest BCUT2D eigenvalue weighted by Gasteiger charge is -2.18. The molecule has 134 valence electrons. The van der Waals surface area contributed by atoms with Gasteiger partial charge in [-0.2, -0.15) is 0 Å². The van der Waals surface area contributed by atoms with Gasteiger partial charge in [0.1, 0.15) is 17.6 Å². The number of nitrogens with one attached hydrogen (secondary N) is 1. The van der Waals surface area contributed by atoms with Crippen LogP contribution in [0.15, 0.2) is 48.1 Å². The molecule has 0 saturated carbocycles. The highest BCUT2D eigenvalue weighted by Crippen LogP contribution is 2.23. The van der Waals surface area contributed by atoms with Crippen molar-refractivity contribution in [1.29, 1.82) is 0 Å². The zero-order valence-corrected chi connectivity index (χ0v) is 15.7. The second kappa shape index (κ2) is 7.97. The van der Waals surface area contributed by atoms with Gasteiger partial charge in [-0.1, -0.05) is 12.1 Å². The molecule has 2 heterocycles. The number of hydrogen-bond acceptors (Lipinski definition) is 5. The molecular weight excluding hydrogens is 348 g/mol. The van der Waals surface area contributed by atoms with Crippen LogP contribution in [0, 0.1) is 6.92 Å². The van der Waals surface area contributed by atoms with Crippen molar-refractivity contribution in [2.45, 2.75) is 13.0 Å². The maximum atomic E-state index is 12.5. The number of aromatic nitrogens is 3. The molecule has 1 amide bonds. The van der Waals surface area contributed by atoms with Crippen LogP contribution in [0.3, 0.4) is 0 Å². The highest BCUT2D eigenvalue weighted by Gasteiger charge is 2.20. The van der Waals surface area contributed by atoms with E-state index >= 15 is 0 Å². The van der Waals surface area contributed by atoms with E-state index in [9.17, 15) is 4.79 Å². The molecule has 6 nitrogen and oxygen atoms in total. The van der Waals surface area contributed by atoms with Gasteiger partial charge in [0.05, 0.1) is 17.8 Å². The molecule has 0 aliphatic rings. The van der Waals surface area contributed by atoms with Gasteiger partial charge in [-0.05, 0) is 30.7 Å². The van der Waals surface area contributed by atoms with E-state index in [2.05, 4.69) is 15.3 Å². The zero-order chi connectivity index (χ0) is 18.5. The summed E-state index contributed by atoms with van der Waals surface area (Å²) in [6.07, 6.45) is 6.77. The van der Waals surface area contributed by atoms with Gasteiger partial charge in [0.15, 0.2) is 0 Å². The molecule has 7 heteroatoms. The molecule has 1 N–H and O–H groups in total. The Morgan fingerprint density at radius 2 is 2.12 bits per heavy atom. The fraction of sp³-hybridized carbons (Fsp3) is 0.211. The summed E-state index contributed by atoms with van der Waals surface area (Å²) in [4.78, 5) is 21.2. The summed E-state index contributed by atoms with van der Waals surface area (Å²) in [5.41, 5.74) is 1.70. The number of rotatable bonds is 6. The highest BCUT2D eigenvalue weighted by atomic mass is 32.1. The lowest BCUT2D eigenvalue weighted by atomic mass is 10.1. The number of aryl methyl sites for hydroxylation is 2. The first-order valence-corrected chi connectivity index (χ1v) is 8.96. The van der Waals surface area contributed by atoms with Crippen LogP contribution in [0.2, 0.25) is 0 Å². The van der Waals surface area contributed by atoms with Crippen LogP contribution in [0.4, 0.5) is 0 Å². The molecule has 3 rings (SSSR count). The summed E-state index contributed by atoms with van der Waals surface area (Å²) in [6, 6.07) is 7.21. The number of carbonyl (C=O) groups is 1. The highest BCUT2D eigenvalue weighted by molar-refractivity contribution is 7.09. The first kappa shape index (κ1) is 17.9. The summed E-state index contributed by atoms with van der Waals surface area (Å²) in [7, 11) is 3.52. The SMILES string of the molecule is COc1ccc(C(NC(=O)/C=C/c2csc(C)n2)c2nccn2C)cc1. The van der Waals surface area contributed by atoms with Crippen LogP contribution >= 0.6 is 11.3 Å². The summed E-state index contributed by atoms with van der Waals surface area (Å²) >= 11 is 1.55. The van der Waals surface area contributed by atoms with Gasteiger partial charge in [0, 0.05) is 30.9 Å². The van der Waals surface area contributed by atoms with E-state index in [1.165, 1.54) is 6.08 Å². The molecule has 0 aliphatic heterocycles. The van der Waals surface area contributed by atoms with Gasteiger partial charge in [0.25, 0.3) is 0 Å². The van der Waals surface area contributed by atoms with E-state index in [1.54, 1.807) is 30.7 Å². The van der Waals surface area contributed by atoms with E-state index < -0.39 is 0 Å². The van der Waals surface area contributed by atoms with Crippen LogP contribution in [0.25, 0.3) is 6.08 Å². The maximum Gasteiger partial charge on any atom is 0.244 e. The number of benzene rings is 1. The fourth-order valence-corrected chi connectivity index (χ4v) is 3.14. The van der Waals surface area contributed by atoms with E-state index in [1.807, 2.05) is 54.4 Å². The van der Waals surface area contributed by atoms with E-state index in [4.69, 9.17) is 4.74 Å². The van der Waals surface area contributed by atoms with Crippen molar-refractivity contribution < 1.29 is 9.53 Å². The molecule has 26 heavy (non-hydrogen) atoms. The van der Waals surface area contributed by atoms with Gasteiger partial charge < -0.3 is 14.6 Å². The third-order valence-electron chi connectivity index (χ3n) is 3.89. The number of imidazole rings is 1. The number of methoxy groups -OCH3 is 1. The van der Waals surface area contributed by atoms with Crippen LogP contribution in [-0.2, 0) is 11.8 Å². The van der Waals surface area contributed by atoms with Crippen molar-refractivity contribution in [2.24, 2.45) is 7.05 Å². The molecule has 1 atom stereocenters. The van der Waals surface area contributed by atoms with Crippen molar-refractivity contribution in [2.75, 3.05) is 7.11 Å². The third kappa shape index (κ3) is 4.18. The Labute approximate surface area is 156 Å². The monoisotopic (exact) mass is 368 g/mol. The number of carbonyl (C=O) groups excluding carboxylic acids is 1. The van der Waals surface area contributed by atoms with Gasteiger partial charge in [-0.25, -0.2) is 9.97 Å². The van der Waals surface area contributed by atoms with Gasteiger partial charge in [0.2, 0.25) is 5.91 Å². The largest absolute Gasteiger partial charge is 0.497 e. The van der Waals surface area contributed by atoms with Gasteiger partial charge >= 0.3 is 0 Å². The summed E-state index contributed by atoms with van der Waals surface area (Å²) in [5, 5.41) is 5.90. The molecule has 0 fully saturated rings. The van der Waals surface area contributed by atoms with E-state index in [-0.39, 0.29) is 11.9 Å². The minimum Gasteiger partial charge on any atom is -0.497 e. The average Bonchev–Trinajstić information content (AvgIpc) is 3.26. The third-order valence-corrected chi connectivity index (χ3v) is 4.69. The smallest absolute Gasteiger partial charge is 0.244 e. The summed E-state index contributed by atoms with van der Waals surface area (Å²) in [5.74, 6) is 1.30. The molecule has 1 unspecified atom stereocenters. The second-order valence-electron chi connectivity index (χ2n) is 5.74. The Bertz CT molecular complexity index is 912. The summed E-state index contributed by atoms with van der Waals surface area (Å²) in [6.45, 7) is 1.93. The summed E-state index contributed by atoms with van der Waals surface area (Å²) < 4.78 is 7.10. The molecule has 0 aliphatic carbocycles. The van der Waals surface area contributed by atoms with Crippen molar-refractivity contribution in [3.05, 3.63) is 70.2 Å². The van der Waals surface area contributed by atoms with Crippen molar-refractivity contribution in [3.8, 4) is 5.75 Å².